The molecule has 0 aliphatic rings. The van der Waals surface area contributed by atoms with E-state index in [1.807, 2.05) is 49.4 Å². The van der Waals surface area contributed by atoms with Gasteiger partial charge < -0.3 is 4.90 Å². The van der Waals surface area contributed by atoms with Gasteiger partial charge in [0.1, 0.15) is 11.3 Å². The van der Waals surface area contributed by atoms with Gasteiger partial charge in [-0.3, -0.25) is 9.20 Å². The second-order valence-electron chi connectivity index (χ2n) is 4.98. The summed E-state index contributed by atoms with van der Waals surface area (Å²) >= 11 is 6.20. The highest BCUT2D eigenvalue weighted by molar-refractivity contribution is 6.31. The van der Waals surface area contributed by atoms with Gasteiger partial charge in [-0.25, -0.2) is 4.98 Å². The van der Waals surface area contributed by atoms with Crippen molar-refractivity contribution in [3.05, 3.63) is 71.1 Å². The third-order valence-electron chi connectivity index (χ3n) is 3.64. The highest BCUT2D eigenvalue weighted by Crippen LogP contribution is 2.18. The van der Waals surface area contributed by atoms with Crippen molar-refractivity contribution >= 4 is 23.2 Å². The first kappa shape index (κ1) is 14.6. The molecule has 3 aromatic rings. The molecule has 22 heavy (non-hydrogen) atoms. The molecule has 0 bridgehead atoms. The van der Waals surface area contributed by atoms with Crippen LogP contribution in [0, 0.1) is 0 Å². The quantitative estimate of drug-likeness (QED) is 0.737. The number of hydrogen-bond acceptors (Lipinski definition) is 2. The van der Waals surface area contributed by atoms with Crippen molar-refractivity contribution in [2.75, 3.05) is 6.54 Å². The first-order valence-electron chi connectivity index (χ1n) is 7.15. The van der Waals surface area contributed by atoms with Crippen molar-refractivity contribution in [1.82, 2.24) is 14.3 Å². The van der Waals surface area contributed by atoms with E-state index in [0.29, 0.717) is 23.8 Å². The fourth-order valence-corrected chi connectivity index (χ4v) is 2.64. The Morgan fingerprint density at radius 3 is 2.82 bits per heavy atom. The molecule has 2 heterocycles. The van der Waals surface area contributed by atoms with E-state index >= 15 is 0 Å². The van der Waals surface area contributed by atoms with E-state index in [1.54, 1.807) is 21.7 Å². The van der Waals surface area contributed by atoms with E-state index in [1.165, 1.54) is 0 Å². The molecule has 3 rings (SSSR count). The summed E-state index contributed by atoms with van der Waals surface area (Å²) < 4.78 is 1.80. The smallest absolute Gasteiger partial charge is 0.271 e. The summed E-state index contributed by atoms with van der Waals surface area (Å²) in [5.74, 6) is -0.0361. The zero-order valence-corrected chi connectivity index (χ0v) is 13.0. The number of nitrogens with zero attached hydrogens (tertiary/aromatic N) is 3. The Hall–Kier alpha value is -2.33. The number of hydrogen-bond donors (Lipinski definition) is 0. The van der Waals surface area contributed by atoms with Crippen molar-refractivity contribution in [2.45, 2.75) is 13.5 Å². The monoisotopic (exact) mass is 313 g/mol. The van der Waals surface area contributed by atoms with Crippen LogP contribution in [0.3, 0.4) is 0 Å². The normalized spacial score (nSPS) is 10.8. The van der Waals surface area contributed by atoms with Crippen LogP contribution < -0.4 is 0 Å². The van der Waals surface area contributed by atoms with E-state index in [0.717, 1.165) is 11.2 Å². The molecule has 0 fully saturated rings. The molecule has 0 aliphatic carbocycles. The maximum Gasteiger partial charge on any atom is 0.271 e. The molecule has 0 atom stereocenters. The first-order valence-corrected chi connectivity index (χ1v) is 7.53. The summed E-state index contributed by atoms with van der Waals surface area (Å²) in [4.78, 5) is 18.8. The largest absolute Gasteiger partial charge is 0.333 e. The molecule has 0 radical (unpaired) electrons. The van der Waals surface area contributed by atoms with Crippen LogP contribution in [0.25, 0.3) is 5.65 Å². The van der Waals surface area contributed by atoms with Gasteiger partial charge in [0.2, 0.25) is 0 Å². The second-order valence-corrected chi connectivity index (χ2v) is 5.38. The van der Waals surface area contributed by atoms with Gasteiger partial charge in [-0.15, -0.1) is 0 Å². The third kappa shape index (κ3) is 2.70. The highest BCUT2D eigenvalue weighted by Gasteiger charge is 2.18. The minimum Gasteiger partial charge on any atom is -0.333 e. The average Bonchev–Trinajstić information content (AvgIpc) is 3.02. The second kappa shape index (κ2) is 6.20. The summed E-state index contributed by atoms with van der Waals surface area (Å²) in [6, 6.07) is 13.1. The minimum atomic E-state index is -0.0361. The maximum atomic E-state index is 12.8. The lowest BCUT2D eigenvalue weighted by Gasteiger charge is -2.22. The van der Waals surface area contributed by atoms with Gasteiger partial charge in [0.25, 0.3) is 5.91 Å². The number of benzene rings is 1. The number of amides is 1. The topological polar surface area (TPSA) is 37.6 Å². The van der Waals surface area contributed by atoms with Gasteiger partial charge in [-0.05, 0) is 30.7 Å². The van der Waals surface area contributed by atoms with E-state index in [-0.39, 0.29) is 5.91 Å². The molecule has 0 aliphatic heterocycles. The Kier molecular flexibility index (Phi) is 4.11. The van der Waals surface area contributed by atoms with Crippen LogP contribution in [0.15, 0.2) is 54.9 Å². The average molecular weight is 314 g/mol. The maximum absolute atomic E-state index is 12.8. The number of carbonyl (C=O) groups is 1. The van der Waals surface area contributed by atoms with Gasteiger partial charge in [-0.1, -0.05) is 35.9 Å². The molecule has 0 saturated heterocycles. The Morgan fingerprint density at radius 2 is 2.05 bits per heavy atom. The summed E-state index contributed by atoms with van der Waals surface area (Å²) in [6.07, 6.45) is 3.49. The zero-order valence-electron chi connectivity index (χ0n) is 12.2. The predicted octanol–water partition coefficient (Wildman–Crippen LogP) is 3.65. The van der Waals surface area contributed by atoms with Crippen LogP contribution in [-0.4, -0.2) is 26.7 Å². The van der Waals surface area contributed by atoms with E-state index in [2.05, 4.69) is 4.98 Å². The Morgan fingerprint density at radius 1 is 1.23 bits per heavy atom. The number of pyridine rings is 1. The van der Waals surface area contributed by atoms with Gasteiger partial charge in [0.15, 0.2) is 0 Å². The molecule has 1 amide bonds. The molecule has 5 heteroatoms. The Labute approximate surface area is 134 Å². The molecule has 112 valence electrons. The molecule has 4 nitrogen and oxygen atoms in total. The number of fused-ring (bicyclic) bond motifs is 1. The van der Waals surface area contributed by atoms with Gasteiger partial charge in [0, 0.05) is 30.5 Å². The molecule has 0 spiro atoms. The van der Waals surface area contributed by atoms with Crippen LogP contribution in [-0.2, 0) is 6.54 Å². The lowest BCUT2D eigenvalue weighted by molar-refractivity contribution is 0.0745. The van der Waals surface area contributed by atoms with Crippen LogP contribution >= 0.6 is 11.6 Å². The van der Waals surface area contributed by atoms with Crippen molar-refractivity contribution in [2.24, 2.45) is 0 Å². The summed E-state index contributed by atoms with van der Waals surface area (Å²) in [5.41, 5.74) is 2.31. The van der Waals surface area contributed by atoms with Crippen molar-refractivity contribution < 1.29 is 4.79 Å². The summed E-state index contributed by atoms with van der Waals surface area (Å²) in [7, 11) is 0. The van der Waals surface area contributed by atoms with E-state index in [9.17, 15) is 4.79 Å². The highest BCUT2D eigenvalue weighted by atomic mass is 35.5. The third-order valence-corrected chi connectivity index (χ3v) is 4.00. The standard InChI is InChI=1S/C17H16ClN3O/c1-2-20(12-13-6-3-4-7-14(13)18)17(22)15-8-5-9-16-19-10-11-21(15)16/h3-11H,2,12H2,1H3. The van der Waals surface area contributed by atoms with E-state index < -0.39 is 0 Å². The number of aromatic nitrogens is 2. The van der Waals surface area contributed by atoms with Gasteiger partial charge >= 0.3 is 0 Å². The fraction of sp³-hybridized carbons (Fsp3) is 0.176. The molecule has 1 aromatic carbocycles. The van der Waals surface area contributed by atoms with Gasteiger partial charge in [-0.2, -0.15) is 0 Å². The molecular weight excluding hydrogens is 298 g/mol. The molecular formula is C17H16ClN3O. The summed E-state index contributed by atoms with van der Waals surface area (Å²) in [5, 5.41) is 0.676. The van der Waals surface area contributed by atoms with Crippen LogP contribution in [0.2, 0.25) is 5.02 Å². The first-order chi connectivity index (χ1) is 10.7. The number of halogens is 1. The zero-order chi connectivity index (χ0) is 15.5. The van der Waals surface area contributed by atoms with Crippen LogP contribution in [0.1, 0.15) is 23.0 Å². The molecule has 2 aromatic heterocycles. The minimum absolute atomic E-state index is 0.0361. The molecule has 0 N–H and O–H groups in total. The van der Waals surface area contributed by atoms with Gasteiger partial charge in [0.05, 0.1) is 0 Å². The van der Waals surface area contributed by atoms with Crippen molar-refractivity contribution in [3.8, 4) is 0 Å². The molecule has 0 unspecified atom stereocenters. The lowest BCUT2D eigenvalue weighted by atomic mass is 10.2. The van der Waals surface area contributed by atoms with Crippen LogP contribution in [0.5, 0.6) is 0 Å². The van der Waals surface area contributed by atoms with Crippen molar-refractivity contribution in [1.29, 1.82) is 0 Å². The molecule has 0 saturated carbocycles. The van der Waals surface area contributed by atoms with E-state index in [4.69, 9.17) is 11.6 Å². The Balaban J connectivity index is 1.92. The lowest BCUT2D eigenvalue weighted by Crippen LogP contribution is -2.31. The fourth-order valence-electron chi connectivity index (χ4n) is 2.44. The van der Waals surface area contributed by atoms with Crippen molar-refractivity contribution in [3.63, 3.8) is 0 Å². The number of carbonyl (C=O) groups excluding carboxylic acids is 1. The number of imidazole rings is 1. The van der Waals surface area contributed by atoms with Crippen LogP contribution in [0.4, 0.5) is 0 Å². The predicted molar refractivity (Wildman–Crippen MR) is 87.1 cm³/mol. The Bertz CT molecular complexity index is 812. The number of rotatable bonds is 4. The summed E-state index contributed by atoms with van der Waals surface area (Å²) in [6.45, 7) is 3.05. The SMILES string of the molecule is CCN(Cc1ccccc1Cl)C(=O)c1cccc2nccn12.